The molecule has 0 radical (unpaired) electrons. The molecule has 0 atom stereocenters. The lowest BCUT2D eigenvalue weighted by atomic mass is 9.94. The third-order valence-electron chi connectivity index (χ3n) is 3.69. The van der Waals surface area contributed by atoms with Gasteiger partial charge in [0.2, 0.25) is 4.90 Å². The lowest BCUT2D eigenvalue weighted by molar-refractivity contribution is 0.280. The Morgan fingerprint density at radius 2 is 1.75 bits per heavy atom. The predicted molar refractivity (Wildman–Crippen MR) is 84.9 cm³/mol. The number of hydrogen-bond donors (Lipinski definition) is 4. The quantitative estimate of drug-likeness (QED) is 0.383. The maximum atomic E-state index is 11.9. The van der Waals surface area contributed by atoms with Crippen LogP contribution in [0.15, 0.2) is 23.4 Å². The Morgan fingerprint density at radius 1 is 1.20 bits per heavy atom. The van der Waals surface area contributed by atoms with E-state index in [1.165, 1.54) is 6.08 Å². The number of nitrogens with zero attached hydrogens (tertiary/aromatic N) is 1. The molecule has 2 aliphatic rings. The minimum absolute atomic E-state index is 0. The van der Waals surface area contributed by atoms with Crippen LogP contribution in [0.2, 0.25) is 0 Å². The lowest BCUT2D eigenvalue weighted by Crippen LogP contribution is -2.43. The molecule has 10 heteroatoms. The number of allylic oxidation sites excluding steroid dienone is 4. The van der Waals surface area contributed by atoms with Gasteiger partial charge in [0.05, 0.1) is 0 Å². The second kappa shape index (κ2) is 5.83. The number of rotatable bonds is 2. The molecule has 0 bridgehead atoms. The van der Waals surface area contributed by atoms with Crippen LogP contribution in [0.4, 0.5) is 0 Å². The van der Waals surface area contributed by atoms with Crippen molar-refractivity contribution in [2.24, 2.45) is 0 Å². The van der Waals surface area contributed by atoms with Crippen molar-refractivity contribution in [2.45, 2.75) is 24.2 Å². The molecule has 0 aromatic heterocycles. The van der Waals surface area contributed by atoms with E-state index in [4.69, 9.17) is 0 Å². The van der Waals surface area contributed by atoms with Crippen LogP contribution in [0.5, 0.6) is 0 Å². The summed E-state index contributed by atoms with van der Waals surface area (Å²) in [6.07, 6.45) is 4.14. The first kappa shape index (κ1) is 18.4. The fourth-order valence-corrected chi connectivity index (χ4v) is 6.08. The Kier molecular flexibility index (Phi) is 5.36. The van der Waals surface area contributed by atoms with Crippen LogP contribution in [0.3, 0.4) is 0 Å². The Bertz CT molecular complexity index is 526. The molecule has 0 fully saturated rings. The molecular weight excluding hydrogens is 419 g/mol. The predicted octanol–water partition coefficient (Wildman–Crippen LogP) is 1.60. The SMILES string of the molecule is CN1CCCC2=C1C(P(=O)(O)O)(P(=O)(O)O)CC=C2.I. The fraction of sp³-hybridized carbons (Fsp3) is 0.600. The molecule has 2 rings (SSSR count). The molecule has 0 unspecified atom stereocenters. The first-order valence-corrected chi connectivity index (χ1v) is 9.06. The van der Waals surface area contributed by atoms with E-state index in [0.29, 0.717) is 18.5 Å². The van der Waals surface area contributed by atoms with Gasteiger partial charge >= 0.3 is 15.2 Å². The van der Waals surface area contributed by atoms with Crippen LogP contribution in [0.25, 0.3) is 0 Å². The largest absolute Gasteiger partial charge is 0.376 e. The smallest absolute Gasteiger partial charge is 0.350 e. The van der Waals surface area contributed by atoms with Crippen LogP contribution in [-0.2, 0) is 9.13 Å². The summed E-state index contributed by atoms with van der Waals surface area (Å²) in [6, 6.07) is 0. The van der Waals surface area contributed by atoms with Gasteiger partial charge in [-0.15, -0.1) is 24.0 Å². The zero-order chi connectivity index (χ0) is 14.5. The van der Waals surface area contributed by atoms with Crippen LogP contribution in [0.1, 0.15) is 19.3 Å². The third-order valence-corrected chi connectivity index (χ3v) is 7.97. The zero-order valence-corrected chi connectivity index (χ0v) is 15.0. The monoisotopic (exact) mass is 437 g/mol. The lowest BCUT2D eigenvalue weighted by Gasteiger charge is -2.44. The maximum Gasteiger partial charge on any atom is 0.350 e. The van der Waals surface area contributed by atoms with Crippen LogP contribution in [-0.4, -0.2) is 43.0 Å². The molecule has 0 saturated heterocycles. The van der Waals surface area contributed by atoms with Crippen molar-refractivity contribution in [1.29, 1.82) is 0 Å². The van der Waals surface area contributed by atoms with Gasteiger partial charge in [-0.1, -0.05) is 12.2 Å². The van der Waals surface area contributed by atoms with E-state index >= 15 is 0 Å². The summed E-state index contributed by atoms with van der Waals surface area (Å²) in [7, 11) is -8.46. The second-order valence-electron chi connectivity index (χ2n) is 4.91. The summed E-state index contributed by atoms with van der Waals surface area (Å²) in [6.45, 7) is 0.522. The maximum absolute atomic E-state index is 11.9. The van der Waals surface area contributed by atoms with Gasteiger partial charge in [-0.05, 0) is 24.8 Å². The molecule has 20 heavy (non-hydrogen) atoms. The van der Waals surface area contributed by atoms with E-state index in [1.807, 2.05) is 0 Å². The van der Waals surface area contributed by atoms with Crippen molar-refractivity contribution >= 4 is 39.2 Å². The Hall–Kier alpha value is 0.310. The van der Waals surface area contributed by atoms with Crippen molar-refractivity contribution in [3.8, 4) is 0 Å². The topological polar surface area (TPSA) is 118 Å². The normalized spacial score (nSPS) is 22.4. The molecule has 1 aliphatic heterocycles. The highest BCUT2D eigenvalue weighted by Crippen LogP contribution is 2.75. The number of halogens is 1. The van der Waals surface area contributed by atoms with Gasteiger partial charge in [-0.3, -0.25) is 9.13 Å². The standard InChI is InChI=1S/C10H17NO6P2.HI/c1-11-7-3-5-8-4-2-6-10(9(8)11,18(12,13)14)19(15,16)17;/h2,4H,3,5-7H2,1H3,(H2,12,13,14)(H2,15,16,17);1H. The Labute approximate surface area is 134 Å². The number of hydrogen-bond acceptors (Lipinski definition) is 3. The van der Waals surface area contributed by atoms with E-state index in [2.05, 4.69) is 0 Å². The first-order valence-electron chi connectivity index (χ1n) is 5.84. The molecule has 0 aromatic rings. The van der Waals surface area contributed by atoms with Gasteiger partial charge < -0.3 is 24.5 Å². The first-order chi connectivity index (χ1) is 8.61. The van der Waals surface area contributed by atoms with Crippen molar-refractivity contribution in [3.05, 3.63) is 23.4 Å². The average molecular weight is 437 g/mol. The minimum Gasteiger partial charge on any atom is -0.376 e. The van der Waals surface area contributed by atoms with Crippen molar-refractivity contribution in [1.82, 2.24) is 4.90 Å². The highest BCUT2D eigenvalue weighted by molar-refractivity contribution is 14.0. The Balaban J connectivity index is 0.00000200. The van der Waals surface area contributed by atoms with Crippen LogP contribution in [0, 0.1) is 0 Å². The molecular formula is C10H18INO6P2. The molecule has 0 saturated carbocycles. The summed E-state index contributed by atoms with van der Waals surface area (Å²) in [4.78, 5) is 37.6. The van der Waals surface area contributed by atoms with Gasteiger partial charge in [0.25, 0.3) is 0 Å². The van der Waals surface area contributed by atoms with Gasteiger partial charge in [0, 0.05) is 19.3 Å². The summed E-state index contributed by atoms with van der Waals surface area (Å²) in [5, 5.41) is 0. The average Bonchev–Trinajstić information content (AvgIpc) is 2.25. The minimum atomic E-state index is -5.03. The van der Waals surface area contributed by atoms with Crippen molar-refractivity contribution in [3.63, 3.8) is 0 Å². The molecule has 0 aromatic carbocycles. The van der Waals surface area contributed by atoms with E-state index < -0.39 is 20.1 Å². The third kappa shape index (κ3) is 2.67. The fourth-order valence-electron chi connectivity index (χ4n) is 2.85. The Morgan fingerprint density at radius 3 is 2.25 bits per heavy atom. The molecule has 4 N–H and O–H groups in total. The summed E-state index contributed by atoms with van der Waals surface area (Å²) in [5.74, 6) is 0. The van der Waals surface area contributed by atoms with Crippen LogP contribution >= 0.6 is 39.2 Å². The van der Waals surface area contributed by atoms with Crippen molar-refractivity contribution in [2.75, 3.05) is 13.6 Å². The van der Waals surface area contributed by atoms with E-state index in [1.54, 1.807) is 18.0 Å². The highest BCUT2D eigenvalue weighted by Gasteiger charge is 2.64. The van der Waals surface area contributed by atoms with Crippen molar-refractivity contribution < 1.29 is 28.7 Å². The van der Waals surface area contributed by atoms with Gasteiger partial charge in [-0.25, -0.2) is 0 Å². The molecule has 1 heterocycles. The van der Waals surface area contributed by atoms with E-state index in [9.17, 15) is 28.7 Å². The zero-order valence-electron chi connectivity index (χ0n) is 10.8. The van der Waals surface area contributed by atoms with Crippen LogP contribution < -0.4 is 0 Å². The second-order valence-corrected chi connectivity index (χ2v) is 8.97. The molecule has 116 valence electrons. The summed E-state index contributed by atoms with van der Waals surface area (Å²) < 4.78 is 23.7. The van der Waals surface area contributed by atoms with E-state index in [0.717, 1.165) is 6.42 Å². The molecule has 0 spiro atoms. The molecule has 0 amide bonds. The van der Waals surface area contributed by atoms with Gasteiger partial charge in [0.15, 0.2) is 0 Å². The highest BCUT2D eigenvalue weighted by atomic mass is 127. The van der Waals surface area contributed by atoms with Gasteiger partial charge in [0.1, 0.15) is 0 Å². The molecule has 7 nitrogen and oxygen atoms in total. The van der Waals surface area contributed by atoms with E-state index in [-0.39, 0.29) is 36.1 Å². The van der Waals surface area contributed by atoms with Gasteiger partial charge in [-0.2, -0.15) is 0 Å². The summed E-state index contributed by atoms with van der Waals surface area (Å²) >= 11 is 0. The summed E-state index contributed by atoms with van der Waals surface area (Å²) in [5.41, 5.74) is 0.703. The molecule has 1 aliphatic carbocycles.